The van der Waals surface area contributed by atoms with Gasteiger partial charge in [0.1, 0.15) is 5.54 Å². The first-order valence-corrected chi connectivity index (χ1v) is 9.02. The Morgan fingerprint density at radius 3 is 2.32 bits per heavy atom. The van der Waals surface area contributed by atoms with Gasteiger partial charge in [-0.15, -0.1) is 0 Å². The molecule has 19 heavy (non-hydrogen) atoms. The van der Waals surface area contributed by atoms with Gasteiger partial charge in [-0.3, -0.25) is 10.1 Å². The average molecular weight is 289 g/mol. The normalized spacial score (nSPS) is 33.4. The van der Waals surface area contributed by atoms with E-state index in [0.29, 0.717) is 19.3 Å². The first kappa shape index (κ1) is 14.8. The second-order valence-electron chi connectivity index (χ2n) is 5.97. The summed E-state index contributed by atoms with van der Waals surface area (Å²) in [4.78, 5) is 11.7. The topological polar surface area (TPSA) is 83.5 Å². The van der Waals surface area contributed by atoms with E-state index in [4.69, 9.17) is 0 Å². The van der Waals surface area contributed by atoms with Gasteiger partial charge in [0.05, 0.1) is 5.25 Å². The molecule has 2 unspecified atom stereocenters. The Hall–Kier alpha value is -0.620. The minimum atomic E-state index is -3.35. The van der Waals surface area contributed by atoms with Gasteiger partial charge in [0.2, 0.25) is 0 Å². The zero-order chi connectivity index (χ0) is 14.1. The highest BCUT2D eigenvalue weighted by Crippen LogP contribution is 2.36. The van der Waals surface area contributed by atoms with Gasteiger partial charge in [0, 0.05) is 12.3 Å². The van der Waals surface area contributed by atoms with Crippen LogP contribution < -0.4 is 5.32 Å². The van der Waals surface area contributed by atoms with E-state index >= 15 is 0 Å². The number of carboxylic acids is 1. The van der Waals surface area contributed by atoms with E-state index in [1.165, 1.54) is 6.42 Å². The molecule has 0 aromatic rings. The molecule has 2 fully saturated rings. The van der Waals surface area contributed by atoms with Crippen LogP contribution in [-0.4, -0.2) is 42.6 Å². The number of carboxylic acid groups (broad SMARTS) is 1. The second kappa shape index (κ2) is 5.40. The maximum atomic E-state index is 11.9. The Kier molecular flexibility index (Phi) is 4.20. The third-order valence-electron chi connectivity index (χ3n) is 4.55. The van der Waals surface area contributed by atoms with Crippen LogP contribution in [-0.2, 0) is 14.6 Å². The van der Waals surface area contributed by atoms with Gasteiger partial charge in [0.15, 0.2) is 9.84 Å². The van der Waals surface area contributed by atoms with Crippen LogP contribution in [0.2, 0.25) is 0 Å². The van der Waals surface area contributed by atoms with E-state index in [0.717, 1.165) is 31.9 Å². The molecule has 2 atom stereocenters. The molecule has 0 heterocycles. The average Bonchev–Trinajstić information content (AvgIpc) is 2.75. The van der Waals surface area contributed by atoms with E-state index < -0.39 is 26.6 Å². The fourth-order valence-electron chi connectivity index (χ4n) is 3.64. The van der Waals surface area contributed by atoms with E-state index in [1.807, 2.05) is 0 Å². The molecule has 0 spiro atoms. The van der Waals surface area contributed by atoms with Crippen LogP contribution in [0.5, 0.6) is 0 Å². The van der Waals surface area contributed by atoms with Crippen molar-refractivity contribution in [2.75, 3.05) is 6.26 Å². The molecule has 0 aromatic heterocycles. The quantitative estimate of drug-likeness (QED) is 0.815. The Morgan fingerprint density at radius 1 is 1.16 bits per heavy atom. The SMILES string of the molecule is CS(=O)(=O)C1CCCC1(NC1CCCCC1)C(=O)O. The van der Waals surface area contributed by atoms with E-state index in [1.54, 1.807) is 0 Å². The van der Waals surface area contributed by atoms with E-state index in [-0.39, 0.29) is 6.04 Å². The van der Waals surface area contributed by atoms with Crippen molar-refractivity contribution in [1.29, 1.82) is 0 Å². The van der Waals surface area contributed by atoms with Gasteiger partial charge >= 0.3 is 5.97 Å². The van der Waals surface area contributed by atoms with Crippen LogP contribution in [0.25, 0.3) is 0 Å². The third kappa shape index (κ3) is 2.94. The van der Waals surface area contributed by atoms with Crippen LogP contribution >= 0.6 is 0 Å². The van der Waals surface area contributed by atoms with E-state index in [9.17, 15) is 18.3 Å². The summed E-state index contributed by atoms with van der Waals surface area (Å²) < 4.78 is 23.8. The number of rotatable bonds is 4. The Labute approximate surface area is 114 Å². The molecular formula is C13H23NO4S. The van der Waals surface area contributed by atoms with Crippen molar-refractivity contribution in [1.82, 2.24) is 5.32 Å². The molecular weight excluding hydrogens is 266 g/mol. The first-order valence-electron chi connectivity index (χ1n) is 7.06. The standard InChI is InChI=1S/C13H23NO4S/c1-19(17,18)11-8-5-9-13(11,12(15)16)14-10-6-3-2-4-7-10/h10-11,14H,2-9H2,1H3,(H,15,16). The van der Waals surface area contributed by atoms with Gasteiger partial charge in [-0.2, -0.15) is 0 Å². The van der Waals surface area contributed by atoms with Crippen molar-refractivity contribution in [2.45, 2.75) is 68.2 Å². The van der Waals surface area contributed by atoms with Crippen molar-refractivity contribution in [3.63, 3.8) is 0 Å². The number of nitrogens with one attached hydrogen (secondary N) is 1. The van der Waals surface area contributed by atoms with Crippen molar-refractivity contribution in [3.8, 4) is 0 Å². The zero-order valence-corrected chi connectivity index (χ0v) is 12.2. The summed E-state index contributed by atoms with van der Waals surface area (Å²) in [7, 11) is -3.35. The lowest BCUT2D eigenvalue weighted by atomic mass is 9.90. The molecule has 0 radical (unpaired) electrons. The van der Waals surface area contributed by atoms with Crippen molar-refractivity contribution < 1.29 is 18.3 Å². The highest BCUT2D eigenvalue weighted by atomic mass is 32.2. The smallest absolute Gasteiger partial charge is 0.325 e. The molecule has 0 aromatic carbocycles. The molecule has 0 saturated heterocycles. The van der Waals surface area contributed by atoms with Crippen molar-refractivity contribution in [3.05, 3.63) is 0 Å². The lowest BCUT2D eigenvalue weighted by molar-refractivity contribution is -0.145. The molecule has 0 amide bonds. The zero-order valence-electron chi connectivity index (χ0n) is 11.4. The highest BCUT2D eigenvalue weighted by molar-refractivity contribution is 7.91. The fraction of sp³-hybridized carbons (Fsp3) is 0.923. The lowest BCUT2D eigenvalue weighted by Gasteiger charge is -2.36. The summed E-state index contributed by atoms with van der Waals surface area (Å²) in [6, 6.07) is 0.146. The third-order valence-corrected chi connectivity index (χ3v) is 6.22. The first-order chi connectivity index (χ1) is 8.86. The molecule has 2 rings (SSSR count). The maximum absolute atomic E-state index is 11.9. The van der Waals surface area contributed by atoms with Gasteiger partial charge in [-0.25, -0.2) is 8.42 Å². The molecule has 6 heteroatoms. The highest BCUT2D eigenvalue weighted by Gasteiger charge is 2.54. The molecule has 2 saturated carbocycles. The van der Waals surface area contributed by atoms with Gasteiger partial charge in [-0.1, -0.05) is 19.3 Å². The van der Waals surface area contributed by atoms with Gasteiger partial charge < -0.3 is 5.11 Å². The molecule has 2 aliphatic carbocycles. The van der Waals surface area contributed by atoms with Gasteiger partial charge in [0.25, 0.3) is 0 Å². The Bertz CT molecular complexity index is 442. The number of hydrogen-bond acceptors (Lipinski definition) is 4. The summed E-state index contributed by atoms with van der Waals surface area (Å²) in [5.41, 5.74) is -1.27. The predicted molar refractivity (Wildman–Crippen MR) is 72.9 cm³/mol. The van der Waals surface area contributed by atoms with Crippen LogP contribution in [0.4, 0.5) is 0 Å². The number of sulfone groups is 1. The second-order valence-corrected chi connectivity index (χ2v) is 8.19. The van der Waals surface area contributed by atoms with Crippen molar-refractivity contribution >= 4 is 15.8 Å². The minimum Gasteiger partial charge on any atom is -0.480 e. The van der Waals surface area contributed by atoms with Crippen LogP contribution in [0.1, 0.15) is 51.4 Å². The summed E-state index contributed by atoms with van der Waals surface area (Å²) in [6.45, 7) is 0. The number of hydrogen-bond donors (Lipinski definition) is 2. The molecule has 110 valence electrons. The summed E-state index contributed by atoms with van der Waals surface area (Å²) in [6.07, 6.45) is 7.95. The molecule has 2 N–H and O–H groups in total. The van der Waals surface area contributed by atoms with Crippen LogP contribution in [0, 0.1) is 0 Å². The maximum Gasteiger partial charge on any atom is 0.325 e. The molecule has 0 aliphatic heterocycles. The van der Waals surface area contributed by atoms with Crippen LogP contribution in [0.3, 0.4) is 0 Å². The molecule has 5 nitrogen and oxygen atoms in total. The van der Waals surface area contributed by atoms with Crippen molar-refractivity contribution in [2.24, 2.45) is 0 Å². The molecule has 0 bridgehead atoms. The summed E-state index contributed by atoms with van der Waals surface area (Å²) in [5.74, 6) is -1.01. The van der Waals surface area contributed by atoms with E-state index in [2.05, 4.69) is 5.32 Å². The minimum absolute atomic E-state index is 0.146. The fourth-order valence-corrected chi connectivity index (χ4v) is 5.25. The van der Waals surface area contributed by atoms with Gasteiger partial charge in [-0.05, 0) is 32.1 Å². The predicted octanol–water partition coefficient (Wildman–Crippen LogP) is 1.33. The Balaban J connectivity index is 2.24. The van der Waals surface area contributed by atoms with Crippen LogP contribution in [0.15, 0.2) is 0 Å². The summed E-state index contributed by atoms with van der Waals surface area (Å²) in [5, 5.41) is 12.0. The molecule has 2 aliphatic rings. The number of carbonyl (C=O) groups is 1. The summed E-state index contributed by atoms with van der Waals surface area (Å²) >= 11 is 0. The largest absolute Gasteiger partial charge is 0.480 e. The monoisotopic (exact) mass is 289 g/mol. The lowest BCUT2D eigenvalue weighted by Crippen LogP contribution is -2.62. The number of aliphatic carboxylic acids is 1. The Morgan fingerprint density at radius 2 is 1.79 bits per heavy atom.